The molecule has 7 heteroatoms. The predicted molar refractivity (Wildman–Crippen MR) is 104 cm³/mol. The molecule has 0 radical (unpaired) electrons. The standard InChI is InChI=1S/C21H27N3O4/c1-14(2)11-24(12-15(3)4)18(25)13-27-21(26)19-16(5)28-20(17(19)10-22)23-8-6-7-9-23/h6-9,14-15H,11-13H2,1-5H3. The summed E-state index contributed by atoms with van der Waals surface area (Å²) in [5.41, 5.74) is 0.144. The van der Waals surface area contributed by atoms with Gasteiger partial charge in [-0.25, -0.2) is 4.79 Å². The molecule has 0 spiro atoms. The van der Waals surface area contributed by atoms with Gasteiger partial charge in [0.25, 0.3) is 5.91 Å². The molecule has 0 aliphatic carbocycles. The van der Waals surface area contributed by atoms with Gasteiger partial charge in [-0.2, -0.15) is 5.26 Å². The van der Waals surface area contributed by atoms with E-state index in [4.69, 9.17) is 9.15 Å². The van der Waals surface area contributed by atoms with E-state index in [1.165, 1.54) is 0 Å². The van der Waals surface area contributed by atoms with E-state index < -0.39 is 5.97 Å². The van der Waals surface area contributed by atoms with E-state index in [2.05, 4.69) is 0 Å². The molecule has 150 valence electrons. The Hall–Kier alpha value is -3.01. The van der Waals surface area contributed by atoms with Crippen LogP contribution in [0.25, 0.3) is 5.88 Å². The maximum Gasteiger partial charge on any atom is 0.343 e. The summed E-state index contributed by atoms with van der Waals surface area (Å²) in [6, 6.07) is 5.58. The van der Waals surface area contributed by atoms with Crippen molar-refractivity contribution in [2.75, 3.05) is 19.7 Å². The Morgan fingerprint density at radius 1 is 1.18 bits per heavy atom. The second kappa shape index (κ2) is 9.27. The summed E-state index contributed by atoms with van der Waals surface area (Å²) >= 11 is 0. The zero-order valence-electron chi connectivity index (χ0n) is 17.1. The number of aromatic nitrogens is 1. The normalized spacial score (nSPS) is 10.9. The van der Waals surface area contributed by atoms with Crippen LogP contribution in [0.5, 0.6) is 0 Å². The summed E-state index contributed by atoms with van der Waals surface area (Å²) in [6.45, 7) is 10.5. The molecule has 2 aromatic heterocycles. The fraction of sp³-hybridized carbons (Fsp3) is 0.476. The van der Waals surface area contributed by atoms with Gasteiger partial charge in [-0.05, 0) is 30.9 Å². The molecule has 0 bridgehead atoms. The first kappa shape index (κ1) is 21.3. The molecule has 0 aliphatic heterocycles. The van der Waals surface area contributed by atoms with E-state index >= 15 is 0 Å². The molecule has 1 amide bonds. The van der Waals surface area contributed by atoms with Crippen molar-refractivity contribution in [1.82, 2.24) is 9.47 Å². The van der Waals surface area contributed by atoms with Gasteiger partial charge >= 0.3 is 5.97 Å². The minimum Gasteiger partial charge on any atom is -0.452 e. The third kappa shape index (κ3) is 5.03. The second-order valence-corrected chi connectivity index (χ2v) is 7.58. The fourth-order valence-corrected chi connectivity index (χ4v) is 2.98. The lowest BCUT2D eigenvalue weighted by molar-refractivity contribution is -0.135. The van der Waals surface area contributed by atoms with Crippen molar-refractivity contribution < 1.29 is 18.7 Å². The summed E-state index contributed by atoms with van der Waals surface area (Å²) in [6.07, 6.45) is 3.43. The molecule has 0 N–H and O–H groups in total. The van der Waals surface area contributed by atoms with E-state index in [-0.39, 0.29) is 35.3 Å². The molecule has 0 aliphatic rings. The highest BCUT2D eigenvalue weighted by Crippen LogP contribution is 2.26. The molecule has 2 heterocycles. The third-order valence-corrected chi connectivity index (χ3v) is 4.07. The predicted octanol–water partition coefficient (Wildman–Crippen LogP) is 3.55. The van der Waals surface area contributed by atoms with Crippen molar-refractivity contribution in [2.24, 2.45) is 11.8 Å². The zero-order valence-corrected chi connectivity index (χ0v) is 17.1. The Morgan fingerprint density at radius 3 is 2.25 bits per heavy atom. The Balaban J connectivity index is 2.15. The minimum absolute atomic E-state index is 0.0540. The van der Waals surface area contributed by atoms with Gasteiger partial charge in [0, 0.05) is 25.5 Å². The molecule has 2 aromatic rings. The van der Waals surface area contributed by atoms with E-state index in [1.54, 1.807) is 40.9 Å². The van der Waals surface area contributed by atoms with Crippen LogP contribution in [-0.4, -0.2) is 41.0 Å². The molecule has 2 rings (SSSR count). The van der Waals surface area contributed by atoms with Crippen LogP contribution in [0.3, 0.4) is 0 Å². The number of ether oxygens (including phenoxy) is 1. The summed E-state index contributed by atoms with van der Waals surface area (Å²) in [7, 11) is 0. The maximum atomic E-state index is 12.6. The molecular formula is C21H27N3O4. The summed E-state index contributed by atoms with van der Waals surface area (Å²) in [5.74, 6) is 0.163. The summed E-state index contributed by atoms with van der Waals surface area (Å²) < 4.78 is 12.5. The van der Waals surface area contributed by atoms with Crippen LogP contribution in [0.2, 0.25) is 0 Å². The molecular weight excluding hydrogens is 358 g/mol. The van der Waals surface area contributed by atoms with Gasteiger partial charge in [-0.15, -0.1) is 0 Å². The smallest absolute Gasteiger partial charge is 0.343 e. The number of hydrogen-bond donors (Lipinski definition) is 0. The Bertz CT molecular complexity index is 847. The Morgan fingerprint density at radius 2 is 1.75 bits per heavy atom. The van der Waals surface area contributed by atoms with Crippen LogP contribution in [0, 0.1) is 30.1 Å². The topological polar surface area (TPSA) is 88.5 Å². The Labute approximate surface area is 165 Å². The zero-order chi connectivity index (χ0) is 20.8. The number of nitrogens with zero attached hydrogens (tertiary/aromatic N) is 3. The van der Waals surface area contributed by atoms with Crippen molar-refractivity contribution in [1.29, 1.82) is 5.26 Å². The average molecular weight is 385 g/mol. The molecule has 28 heavy (non-hydrogen) atoms. The van der Waals surface area contributed by atoms with Gasteiger partial charge in [0.05, 0.1) is 0 Å². The molecule has 0 fully saturated rings. The van der Waals surface area contributed by atoms with Gasteiger partial charge in [0.15, 0.2) is 6.61 Å². The highest BCUT2D eigenvalue weighted by molar-refractivity contribution is 5.95. The molecule has 0 aromatic carbocycles. The first-order valence-corrected chi connectivity index (χ1v) is 9.36. The fourth-order valence-electron chi connectivity index (χ4n) is 2.98. The van der Waals surface area contributed by atoms with Crippen molar-refractivity contribution in [3.8, 4) is 12.0 Å². The average Bonchev–Trinajstić information content (AvgIpc) is 3.25. The lowest BCUT2D eigenvalue weighted by Crippen LogP contribution is -2.39. The first-order valence-electron chi connectivity index (χ1n) is 9.36. The lowest BCUT2D eigenvalue weighted by Gasteiger charge is -2.26. The maximum absolute atomic E-state index is 12.6. The van der Waals surface area contributed by atoms with Gasteiger partial charge in [-0.3, -0.25) is 9.36 Å². The van der Waals surface area contributed by atoms with E-state index in [0.29, 0.717) is 24.9 Å². The highest BCUT2D eigenvalue weighted by atomic mass is 16.5. The molecule has 7 nitrogen and oxygen atoms in total. The van der Waals surface area contributed by atoms with Gasteiger partial charge in [0.2, 0.25) is 5.88 Å². The van der Waals surface area contributed by atoms with Crippen LogP contribution >= 0.6 is 0 Å². The first-order chi connectivity index (χ1) is 13.2. The molecule has 0 saturated heterocycles. The number of amides is 1. The quantitative estimate of drug-likeness (QED) is 0.649. The van der Waals surface area contributed by atoms with Crippen molar-refractivity contribution in [3.05, 3.63) is 41.4 Å². The minimum atomic E-state index is -0.737. The molecule has 0 saturated carbocycles. The van der Waals surface area contributed by atoms with E-state index in [0.717, 1.165) is 0 Å². The van der Waals surface area contributed by atoms with E-state index in [9.17, 15) is 14.9 Å². The summed E-state index contributed by atoms with van der Waals surface area (Å²) in [5, 5.41) is 9.52. The van der Waals surface area contributed by atoms with Crippen molar-refractivity contribution in [2.45, 2.75) is 34.6 Å². The molecule has 0 unspecified atom stereocenters. The van der Waals surface area contributed by atoms with Crippen LogP contribution in [0.1, 0.15) is 49.4 Å². The van der Waals surface area contributed by atoms with Gasteiger partial charge in [-0.1, -0.05) is 27.7 Å². The SMILES string of the molecule is Cc1oc(-n2cccc2)c(C#N)c1C(=O)OCC(=O)N(CC(C)C)CC(C)C. The van der Waals surface area contributed by atoms with Crippen LogP contribution in [0.4, 0.5) is 0 Å². The second-order valence-electron chi connectivity index (χ2n) is 7.58. The van der Waals surface area contributed by atoms with Crippen LogP contribution in [-0.2, 0) is 9.53 Å². The van der Waals surface area contributed by atoms with E-state index in [1.807, 2.05) is 33.8 Å². The number of rotatable bonds is 8. The van der Waals surface area contributed by atoms with Crippen LogP contribution in [0.15, 0.2) is 28.9 Å². The number of nitriles is 1. The summed E-state index contributed by atoms with van der Waals surface area (Å²) in [4.78, 5) is 26.8. The van der Waals surface area contributed by atoms with Gasteiger partial charge < -0.3 is 14.1 Å². The third-order valence-electron chi connectivity index (χ3n) is 4.07. The highest BCUT2D eigenvalue weighted by Gasteiger charge is 2.27. The molecule has 0 atom stereocenters. The Kier molecular flexibility index (Phi) is 7.05. The van der Waals surface area contributed by atoms with Gasteiger partial charge in [0.1, 0.15) is 23.0 Å². The number of carbonyl (C=O) groups is 2. The lowest BCUT2D eigenvalue weighted by atomic mass is 10.1. The van der Waals surface area contributed by atoms with Crippen molar-refractivity contribution in [3.63, 3.8) is 0 Å². The number of esters is 1. The largest absolute Gasteiger partial charge is 0.452 e. The number of aryl methyl sites for hydroxylation is 1. The van der Waals surface area contributed by atoms with Crippen LogP contribution < -0.4 is 0 Å². The number of carbonyl (C=O) groups excluding carboxylic acids is 2. The van der Waals surface area contributed by atoms with Crippen molar-refractivity contribution >= 4 is 11.9 Å². The number of furan rings is 1. The number of hydrogen-bond acceptors (Lipinski definition) is 5. The monoisotopic (exact) mass is 385 g/mol.